The first-order chi connectivity index (χ1) is 32.7. The Morgan fingerprint density at radius 1 is 0.424 bits per heavy atom. The van der Waals surface area contributed by atoms with Crippen LogP contribution in [0.4, 0.5) is 0 Å². The molecule has 1 aliphatic heterocycles. The number of benzene rings is 9. The van der Waals surface area contributed by atoms with Crippen LogP contribution in [0.25, 0.3) is 50.1 Å². The lowest BCUT2D eigenvalue weighted by molar-refractivity contribution is 0.620. The summed E-state index contributed by atoms with van der Waals surface area (Å²) in [5, 5.41) is 0. The number of aryl methyl sites for hydroxylation is 1. The van der Waals surface area contributed by atoms with Crippen molar-refractivity contribution < 1.29 is 0 Å². The van der Waals surface area contributed by atoms with Crippen molar-refractivity contribution in [3.05, 3.63) is 280 Å². The fraction of sp³-hybridized carbons (Fsp3) is 0.123. The van der Waals surface area contributed by atoms with Gasteiger partial charge in [-0.1, -0.05) is 218 Å². The zero-order valence-corrected chi connectivity index (χ0v) is 37.0. The summed E-state index contributed by atoms with van der Waals surface area (Å²) < 4.78 is 0. The van der Waals surface area contributed by atoms with Gasteiger partial charge >= 0.3 is 0 Å². The fourth-order valence-electron chi connectivity index (χ4n) is 12.2. The average Bonchev–Trinajstić information content (AvgIpc) is 3.98. The predicted molar refractivity (Wildman–Crippen MR) is 274 cm³/mol. The van der Waals surface area contributed by atoms with Crippen LogP contribution < -0.4 is 0 Å². The van der Waals surface area contributed by atoms with E-state index in [2.05, 4.69) is 224 Å². The van der Waals surface area contributed by atoms with Gasteiger partial charge in [0, 0.05) is 5.92 Å². The Kier molecular flexibility index (Phi) is 9.31. The Hall–Kier alpha value is -7.61. The maximum Gasteiger partial charge on any atom is 0.0756 e. The number of nitrogens with zero attached hydrogens (tertiary/aromatic N) is 1. The average molecular weight is 844 g/mol. The Labute approximate surface area is 388 Å². The first-order valence-electron chi connectivity index (χ1n) is 23.9. The third-order valence-electron chi connectivity index (χ3n) is 15.2. The van der Waals surface area contributed by atoms with Gasteiger partial charge in [-0.2, -0.15) is 0 Å². The van der Waals surface area contributed by atoms with Crippen molar-refractivity contribution in [3.8, 4) is 44.5 Å². The van der Waals surface area contributed by atoms with Crippen molar-refractivity contribution in [3.63, 3.8) is 0 Å². The first-order valence-corrected chi connectivity index (χ1v) is 23.9. The number of aliphatic imine (C=N–C) groups is 1. The van der Waals surface area contributed by atoms with E-state index < -0.39 is 0 Å². The summed E-state index contributed by atoms with van der Waals surface area (Å²) in [5.41, 5.74) is 26.5. The molecule has 4 aliphatic rings. The standard InChI is InChI=1S/C65H49N/c1-3-16-44(17-4-1)46-35-37-48(38-36-46)62-42-49(45-18-5-2-6-19-45)20-15-29-61(66-62)47-33-30-43(31-34-47)32-39-51-50-21-7-8-24-54(50)63-55(51)40-41-60-64(63)56-25-11-14-28-59(56)65(60)57-26-12-9-22-52(57)53-23-10-13-27-58(53)65/h1-14,16-19,21-28,30-31,33-38,40-42,51,61H,15,20,29,32,39H2/b49-42+,66-62?. The van der Waals surface area contributed by atoms with Crippen LogP contribution in [0.2, 0.25) is 0 Å². The second kappa shape index (κ2) is 15.8. The van der Waals surface area contributed by atoms with Crippen molar-refractivity contribution in [2.24, 2.45) is 4.99 Å². The van der Waals surface area contributed by atoms with Gasteiger partial charge in [-0.15, -0.1) is 0 Å². The molecule has 9 aromatic rings. The Balaban J connectivity index is 0.827. The maximum absolute atomic E-state index is 5.58. The molecule has 0 fully saturated rings. The fourth-order valence-corrected chi connectivity index (χ4v) is 12.2. The van der Waals surface area contributed by atoms with E-state index in [4.69, 9.17) is 4.99 Å². The molecule has 2 atom stereocenters. The van der Waals surface area contributed by atoms with Crippen LogP contribution in [0.5, 0.6) is 0 Å². The molecule has 13 rings (SSSR count). The molecular formula is C65H49N. The molecule has 0 aromatic heterocycles. The molecular weight excluding hydrogens is 795 g/mol. The van der Waals surface area contributed by atoms with E-state index in [1.807, 2.05) is 0 Å². The van der Waals surface area contributed by atoms with Crippen molar-refractivity contribution in [2.45, 2.75) is 49.5 Å². The van der Waals surface area contributed by atoms with Crippen molar-refractivity contribution in [2.75, 3.05) is 0 Å². The van der Waals surface area contributed by atoms with Crippen LogP contribution in [0, 0.1) is 0 Å². The predicted octanol–water partition coefficient (Wildman–Crippen LogP) is 16.2. The first kappa shape index (κ1) is 38.8. The summed E-state index contributed by atoms with van der Waals surface area (Å²) in [6.45, 7) is 0. The van der Waals surface area contributed by atoms with E-state index in [1.54, 1.807) is 0 Å². The zero-order chi connectivity index (χ0) is 43.6. The van der Waals surface area contributed by atoms with Crippen LogP contribution in [0.3, 0.4) is 0 Å². The number of hydrogen-bond donors (Lipinski definition) is 0. The minimum atomic E-state index is -0.336. The van der Waals surface area contributed by atoms with Gasteiger partial charge in [-0.3, -0.25) is 4.99 Å². The lowest BCUT2D eigenvalue weighted by Gasteiger charge is -2.30. The largest absolute Gasteiger partial charge is 0.277 e. The molecule has 0 amide bonds. The van der Waals surface area contributed by atoms with Gasteiger partial charge in [0.2, 0.25) is 0 Å². The number of rotatable bonds is 7. The smallest absolute Gasteiger partial charge is 0.0756 e. The van der Waals surface area contributed by atoms with Gasteiger partial charge in [0.1, 0.15) is 0 Å². The molecule has 9 aromatic carbocycles. The molecule has 66 heavy (non-hydrogen) atoms. The molecule has 1 heterocycles. The Morgan fingerprint density at radius 2 is 0.985 bits per heavy atom. The SMILES string of the molecule is C1=C(/c2ccccc2)CCCC(c2ccc(CCC3c4ccccc4-c4c3ccc3c4-c4ccccc4C34c3ccccc3-c3ccccc34)cc2)N=C/1c1ccc(-c2ccccc2)cc1. The van der Waals surface area contributed by atoms with Gasteiger partial charge in [0.25, 0.3) is 0 Å². The maximum atomic E-state index is 5.58. The van der Waals surface area contributed by atoms with E-state index in [-0.39, 0.29) is 11.5 Å². The molecule has 0 bridgehead atoms. The normalized spacial score (nSPS) is 17.8. The Morgan fingerprint density at radius 3 is 1.68 bits per heavy atom. The third-order valence-corrected chi connectivity index (χ3v) is 15.2. The Bertz CT molecular complexity index is 3330. The number of allylic oxidation sites excluding steroid dienone is 2. The van der Waals surface area contributed by atoms with Crippen LogP contribution in [-0.4, -0.2) is 5.71 Å². The van der Waals surface area contributed by atoms with E-state index in [0.29, 0.717) is 5.92 Å². The molecule has 1 heteroatoms. The molecule has 0 saturated carbocycles. The van der Waals surface area contributed by atoms with E-state index >= 15 is 0 Å². The highest BCUT2D eigenvalue weighted by atomic mass is 14.8. The molecule has 1 nitrogen and oxygen atoms in total. The second-order valence-electron chi connectivity index (χ2n) is 18.7. The lowest BCUT2D eigenvalue weighted by Crippen LogP contribution is -2.25. The highest BCUT2D eigenvalue weighted by molar-refractivity contribution is 6.12. The van der Waals surface area contributed by atoms with Crippen molar-refractivity contribution in [1.82, 2.24) is 0 Å². The van der Waals surface area contributed by atoms with Crippen LogP contribution in [0.1, 0.15) is 93.3 Å². The van der Waals surface area contributed by atoms with Crippen LogP contribution in [0.15, 0.2) is 229 Å². The topological polar surface area (TPSA) is 12.4 Å². The summed E-state index contributed by atoms with van der Waals surface area (Å²) in [7, 11) is 0. The van der Waals surface area contributed by atoms with E-state index in [1.165, 1.54) is 100 Å². The molecule has 314 valence electrons. The van der Waals surface area contributed by atoms with Gasteiger partial charge in [0.05, 0.1) is 17.2 Å². The van der Waals surface area contributed by atoms with Crippen LogP contribution in [-0.2, 0) is 11.8 Å². The molecule has 3 aliphatic carbocycles. The lowest BCUT2D eigenvalue weighted by atomic mass is 9.70. The monoisotopic (exact) mass is 843 g/mol. The summed E-state index contributed by atoms with van der Waals surface area (Å²) in [6.07, 6.45) is 7.54. The minimum absolute atomic E-state index is 0.0945. The molecule has 1 spiro atoms. The number of hydrogen-bond acceptors (Lipinski definition) is 1. The van der Waals surface area contributed by atoms with Gasteiger partial charge in [0.15, 0.2) is 0 Å². The second-order valence-corrected chi connectivity index (χ2v) is 18.7. The quantitative estimate of drug-likeness (QED) is 0.152. The molecule has 0 radical (unpaired) electrons. The van der Waals surface area contributed by atoms with Crippen molar-refractivity contribution >= 4 is 11.3 Å². The van der Waals surface area contributed by atoms with Gasteiger partial charge in [-0.25, -0.2) is 0 Å². The van der Waals surface area contributed by atoms with Crippen LogP contribution >= 0.6 is 0 Å². The van der Waals surface area contributed by atoms with Crippen molar-refractivity contribution in [1.29, 1.82) is 0 Å². The van der Waals surface area contributed by atoms with E-state index in [0.717, 1.165) is 43.4 Å². The highest BCUT2D eigenvalue weighted by Crippen LogP contribution is 2.66. The minimum Gasteiger partial charge on any atom is -0.277 e. The molecule has 2 unspecified atom stereocenters. The molecule has 0 N–H and O–H groups in total. The number of fused-ring (bicyclic) bond motifs is 14. The summed E-state index contributed by atoms with van der Waals surface area (Å²) in [5.74, 6) is 0.324. The van der Waals surface area contributed by atoms with Gasteiger partial charge < -0.3 is 0 Å². The van der Waals surface area contributed by atoms with E-state index in [9.17, 15) is 0 Å². The summed E-state index contributed by atoms with van der Waals surface area (Å²) in [6, 6.07) is 81.8. The summed E-state index contributed by atoms with van der Waals surface area (Å²) in [4.78, 5) is 5.58. The molecule has 0 saturated heterocycles. The zero-order valence-electron chi connectivity index (χ0n) is 37.0. The summed E-state index contributed by atoms with van der Waals surface area (Å²) >= 11 is 0. The third kappa shape index (κ3) is 6.10. The van der Waals surface area contributed by atoms with Gasteiger partial charge in [-0.05, 0) is 144 Å². The highest BCUT2D eigenvalue weighted by Gasteiger charge is 2.53.